The van der Waals surface area contributed by atoms with E-state index in [-0.39, 0.29) is 6.61 Å². The fourth-order valence-corrected chi connectivity index (χ4v) is 2.32. The molecule has 0 fully saturated rings. The van der Waals surface area contributed by atoms with Gasteiger partial charge in [0.1, 0.15) is 5.82 Å². The van der Waals surface area contributed by atoms with Crippen molar-refractivity contribution in [2.75, 3.05) is 6.54 Å². The average molecular weight is 229 g/mol. The molecule has 1 aliphatic rings. The van der Waals surface area contributed by atoms with Crippen molar-refractivity contribution in [1.29, 1.82) is 0 Å². The fourth-order valence-electron chi connectivity index (χ4n) is 2.32. The number of aromatic nitrogens is 2. The summed E-state index contributed by atoms with van der Waals surface area (Å²) in [6.45, 7) is 2.63. The Kier molecular flexibility index (Phi) is 2.66. The first kappa shape index (κ1) is 10.5. The average Bonchev–Trinajstić information content (AvgIpc) is 2.78. The second-order valence-corrected chi connectivity index (χ2v) is 4.18. The normalized spacial score (nSPS) is 14.6. The summed E-state index contributed by atoms with van der Waals surface area (Å²) < 4.78 is 2.12. The van der Waals surface area contributed by atoms with Gasteiger partial charge in [-0.2, -0.15) is 0 Å². The first-order chi connectivity index (χ1) is 8.40. The van der Waals surface area contributed by atoms with Gasteiger partial charge in [0.05, 0.1) is 24.5 Å². The first-order valence-corrected chi connectivity index (χ1v) is 5.85. The second kappa shape index (κ2) is 4.31. The Bertz CT molecular complexity index is 519. The van der Waals surface area contributed by atoms with E-state index >= 15 is 0 Å². The Morgan fingerprint density at radius 3 is 2.88 bits per heavy atom. The summed E-state index contributed by atoms with van der Waals surface area (Å²) in [5.74, 6) is 1.01. The first-order valence-electron chi connectivity index (χ1n) is 5.85. The Hall–Kier alpha value is -1.65. The summed E-state index contributed by atoms with van der Waals surface area (Å²) in [5, 5.41) is 12.8. The molecule has 0 saturated carbocycles. The maximum absolute atomic E-state index is 9.54. The molecule has 0 unspecified atom stereocenters. The summed E-state index contributed by atoms with van der Waals surface area (Å²) in [7, 11) is 0. The largest absolute Gasteiger partial charge is 0.390 e. The molecule has 0 radical (unpaired) electrons. The van der Waals surface area contributed by atoms with Crippen LogP contribution in [0.2, 0.25) is 0 Å². The number of benzene rings is 1. The van der Waals surface area contributed by atoms with Crippen LogP contribution in [0.3, 0.4) is 0 Å². The van der Waals surface area contributed by atoms with Gasteiger partial charge >= 0.3 is 0 Å². The molecule has 4 nitrogen and oxygen atoms in total. The number of fused-ring (bicyclic) bond motifs is 1. The topological polar surface area (TPSA) is 50.1 Å². The molecule has 3 rings (SSSR count). The molecule has 1 aromatic heterocycles. The zero-order chi connectivity index (χ0) is 11.7. The molecule has 2 N–H and O–H groups in total. The van der Waals surface area contributed by atoms with Crippen LogP contribution < -0.4 is 5.32 Å². The molecular weight excluding hydrogens is 214 g/mol. The van der Waals surface area contributed by atoms with Crippen molar-refractivity contribution in [2.45, 2.75) is 19.7 Å². The minimum atomic E-state index is 0.0389. The van der Waals surface area contributed by atoms with Crippen LogP contribution in [0.25, 0.3) is 11.3 Å². The van der Waals surface area contributed by atoms with Crippen LogP contribution in [0.4, 0.5) is 0 Å². The monoisotopic (exact) mass is 229 g/mol. The van der Waals surface area contributed by atoms with Crippen molar-refractivity contribution in [2.24, 2.45) is 0 Å². The molecule has 4 heteroatoms. The van der Waals surface area contributed by atoms with Crippen molar-refractivity contribution in [3.05, 3.63) is 41.9 Å². The van der Waals surface area contributed by atoms with Gasteiger partial charge < -0.3 is 15.0 Å². The third-order valence-corrected chi connectivity index (χ3v) is 3.14. The van der Waals surface area contributed by atoms with E-state index in [1.165, 1.54) is 0 Å². The van der Waals surface area contributed by atoms with Crippen molar-refractivity contribution in [3.63, 3.8) is 0 Å². The summed E-state index contributed by atoms with van der Waals surface area (Å²) in [6, 6.07) is 10.0. The highest BCUT2D eigenvalue weighted by molar-refractivity contribution is 5.62. The van der Waals surface area contributed by atoms with Crippen LogP contribution in [0.5, 0.6) is 0 Å². The fraction of sp³-hybridized carbons (Fsp3) is 0.308. The number of nitrogens with one attached hydrogen (secondary N) is 1. The summed E-state index contributed by atoms with van der Waals surface area (Å²) >= 11 is 0. The SMILES string of the molecule is OCc1c(-c2ccccc2)nc2n1CCNC2. The van der Waals surface area contributed by atoms with Crippen molar-refractivity contribution in [3.8, 4) is 11.3 Å². The van der Waals surface area contributed by atoms with E-state index in [1.807, 2.05) is 30.3 Å². The number of imidazole rings is 1. The molecule has 1 aliphatic heterocycles. The molecular formula is C13H15N3O. The Morgan fingerprint density at radius 2 is 2.12 bits per heavy atom. The van der Waals surface area contributed by atoms with Gasteiger partial charge in [-0.15, -0.1) is 0 Å². The lowest BCUT2D eigenvalue weighted by atomic mass is 10.1. The molecule has 1 aromatic carbocycles. The Labute approximate surface area is 99.9 Å². The number of nitrogens with zero attached hydrogens (tertiary/aromatic N) is 2. The van der Waals surface area contributed by atoms with E-state index in [0.29, 0.717) is 0 Å². The lowest BCUT2D eigenvalue weighted by Gasteiger charge is -2.16. The van der Waals surface area contributed by atoms with E-state index in [1.54, 1.807) is 0 Å². The zero-order valence-electron chi connectivity index (χ0n) is 9.56. The molecule has 0 spiro atoms. The smallest absolute Gasteiger partial charge is 0.123 e. The molecule has 0 atom stereocenters. The van der Waals surface area contributed by atoms with E-state index in [9.17, 15) is 5.11 Å². The van der Waals surface area contributed by atoms with Crippen molar-refractivity contribution >= 4 is 0 Å². The quantitative estimate of drug-likeness (QED) is 0.812. The number of aliphatic hydroxyl groups excluding tert-OH is 1. The van der Waals surface area contributed by atoms with Gasteiger partial charge in [-0.3, -0.25) is 0 Å². The number of rotatable bonds is 2. The predicted octanol–water partition coefficient (Wildman–Crippen LogP) is 1.15. The van der Waals surface area contributed by atoms with Gasteiger partial charge in [-0.05, 0) is 0 Å². The third-order valence-electron chi connectivity index (χ3n) is 3.14. The molecule has 0 saturated heterocycles. The summed E-state index contributed by atoms with van der Waals surface area (Å²) in [4.78, 5) is 4.63. The zero-order valence-corrected chi connectivity index (χ0v) is 9.56. The summed E-state index contributed by atoms with van der Waals surface area (Å²) in [5.41, 5.74) is 2.90. The molecule has 2 aromatic rings. The number of aliphatic hydroxyl groups is 1. The van der Waals surface area contributed by atoms with E-state index in [2.05, 4.69) is 14.9 Å². The van der Waals surface area contributed by atoms with E-state index in [4.69, 9.17) is 0 Å². The van der Waals surface area contributed by atoms with Crippen LogP contribution in [0.1, 0.15) is 11.5 Å². The summed E-state index contributed by atoms with van der Waals surface area (Å²) in [6.07, 6.45) is 0. The van der Waals surface area contributed by atoms with Crippen LogP contribution in [-0.2, 0) is 19.7 Å². The van der Waals surface area contributed by atoms with Crippen LogP contribution in [-0.4, -0.2) is 21.2 Å². The van der Waals surface area contributed by atoms with Crippen LogP contribution in [0, 0.1) is 0 Å². The van der Waals surface area contributed by atoms with Gasteiger partial charge in [0, 0.05) is 18.7 Å². The molecule has 17 heavy (non-hydrogen) atoms. The predicted molar refractivity (Wildman–Crippen MR) is 65.3 cm³/mol. The van der Waals surface area contributed by atoms with Gasteiger partial charge in [0.25, 0.3) is 0 Å². The highest BCUT2D eigenvalue weighted by Gasteiger charge is 2.19. The van der Waals surface area contributed by atoms with Gasteiger partial charge in [0.15, 0.2) is 0 Å². The van der Waals surface area contributed by atoms with E-state index in [0.717, 1.165) is 42.4 Å². The minimum Gasteiger partial charge on any atom is -0.390 e. The Balaban J connectivity index is 2.14. The van der Waals surface area contributed by atoms with E-state index < -0.39 is 0 Å². The molecule has 2 heterocycles. The van der Waals surface area contributed by atoms with Gasteiger partial charge in [0.2, 0.25) is 0 Å². The van der Waals surface area contributed by atoms with Gasteiger partial charge in [-0.25, -0.2) is 4.98 Å². The van der Waals surface area contributed by atoms with Crippen molar-refractivity contribution < 1.29 is 5.11 Å². The Morgan fingerprint density at radius 1 is 1.29 bits per heavy atom. The third kappa shape index (κ3) is 1.75. The molecule has 88 valence electrons. The molecule has 0 bridgehead atoms. The lowest BCUT2D eigenvalue weighted by Crippen LogP contribution is -2.29. The molecule has 0 aliphatic carbocycles. The van der Waals surface area contributed by atoms with Crippen molar-refractivity contribution in [1.82, 2.24) is 14.9 Å². The molecule has 0 amide bonds. The second-order valence-electron chi connectivity index (χ2n) is 4.18. The maximum Gasteiger partial charge on any atom is 0.123 e. The van der Waals surface area contributed by atoms with Crippen LogP contribution >= 0.6 is 0 Å². The highest BCUT2D eigenvalue weighted by Crippen LogP contribution is 2.25. The van der Waals surface area contributed by atoms with Crippen LogP contribution in [0.15, 0.2) is 30.3 Å². The highest BCUT2D eigenvalue weighted by atomic mass is 16.3. The maximum atomic E-state index is 9.54. The lowest BCUT2D eigenvalue weighted by molar-refractivity contribution is 0.268. The number of hydrogen-bond acceptors (Lipinski definition) is 3. The van der Waals surface area contributed by atoms with Gasteiger partial charge in [-0.1, -0.05) is 30.3 Å². The standard InChI is InChI=1S/C13H15N3O/c17-9-11-13(10-4-2-1-3-5-10)15-12-8-14-6-7-16(11)12/h1-5,14,17H,6-9H2. The minimum absolute atomic E-state index is 0.0389. The number of hydrogen-bond donors (Lipinski definition) is 2.